The fourth-order valence-electron chi connectivity index (χ4n) is 2.57. The minimum absolute atomic E-state index is 0.316. The fraction of sp³-hybridized carbons (Fsp3) is 0.917. The summed E-state index contributed by atoms with van der Waals surface area (Å²) in [5.41, 5.74) is -0.719. The summed E-state index contributed by atoms with van der Waals surface area (Å²) in [6, 6.07) is 0. The van der Waals surface area contributed by atoms with Gasteiger partial charge in [-0.2, -0.15) is 0 Å². The van der Waals surface area contributed by atoms with Crippen molar-refractivity contribution in [3.05, 3.63) is 0 Å². The molecule has 0 aliphatic heterocycles. The molecule has 16 heavy (non-hydrogen) atoms. The highest BCUT2D eigenvalue weighted by atomic mass is 16.4. The second-order valence-corrected chi connectivity index (χ2v) is 5.44. The predicted molar refractivity (Wildman–Crippen MR) is 62.4 cm³/mol. The van der Waals surface area contributed by atoms with Crippen LogP contribution in [0, 0.1) is 11.8 Å². The average molecular weight is 226 g/mol. The van der Waals surface area contributed by atoms with Gasteiger partial charge in [0.2, 0.25) is 0 Å². The molecular weight excluding hydrogens is 204 g/mol. The molecule has 2 saturated carbocycles. The van der Waals surface area contributed by atoms with Crippen molar-refractivity contribution in [1.29, 1.82) is 0 Å². The van der Waals surface area contributed by atoms with E-state index < -0.39 is 11.5 Å². The number of nitrogens with zero attached hydrogens (tertiary/aromatic N) is 1. The van der Waals surface area contributed by atoms with Crippen molar-refractivity contribution in [1.82, 2.24) is 10.2 Å². The van der Waals surface area contributed by atoms with Crippen molar-refractivity contribution in [2.75, 3.05) is 27.2 Å². The van der Waals surface area contributed by atoms with E-state index in [1.54, 1.807) is 7.05 Å². The van der Waals surface area contributed by atoms with Gasteiger partial charge >= 0.3 is 5.97 Å². The first kappa shape index (κ1) is 11.9. The smallest absolute Gasteiger partial charge is 0.325 e. The Bertz CT molecular complexity index is 274. The molecule has 2 aliphatic carbocycles. The van der Waals surface area contributed by atoms with Crippen LogP contribution < -0.4 is 5.32 Å². The van der Waals surface area contributed by atoms with Crippen LogP contribution in [0.15, 0.2) is 0 Å². The van der Waals surface area contributed by atoms with Crippen molar-refractivity contribution in [3.8, 4) is 0 Å². The van der Waals surface area contributed by atoms with E-state index in [0.717, 1.165) is 25.3 Å². The van der Waals surface area contributed by atoms with Crippen LogP contribution in [0.1, 0.15) is 25.7 Å². The van der Waals surface area contributed by atoms with Gasteiger partial charge in [0.05, 0.1) is 0 Å². The van der Waals surface area contributed by atoms with Gasteiger partial charge in [-0.1, -0.05) is 0 Å². The number of hydrogen-bond acceptors (Lipinski definition) is 3. The van der Waals surface area contributed by atoms with Crippen LogP contribution in [0.25, 0.3) is 0 Å². The molecule has 1 atom stereocenters. The van der Waals surface area contributed by atoms with Gasteiger partial charge in [-0.15, -0.1) is 0 Å². The molecule has 2 aliphatic rings. The van der Waals surface area contributed by atoms with Gasteiger partial charge in [-0.25, -0.2) is 0 Å². The van der Waals surface area contributed by atoms with Crippen LogP contribution in [0.4, 0.5) is 0 Å². The Balaban J connectivity index is 1.96. The van der Waals surface area contributed by atoms with Crippen LogP contribution in [0.3, 0.4) is 0 Å². The lowest BCUT2D eigenvalue weighted by molar-refractivity contribution is -0.146. The van der Waals surface area contributed by atoms with E-state index in [0.29, 0.717) is 12.5 Å². The molecule has 2 rings (SSSR count). The molecule has 0 amide bonds. The van der Waals surface area contributed by atoms with Crippen LogP contribution in [0.2, 0.25) is 0 Å². The van der Waals surface area contributed by atoms with E-state index >= 15 is 0 Å². The summed E-state index contributed by atoms with van der Waals surface area (Å²) in [6.45, 7) is 1.67. The number of hydrogen-bond donors (Lipinski definition) is 2. The second-order valence-electron chi connectivity index (χ2n) is 5.44. The van der Waals surface area contributed by atoms with Crippen molar-refractivity contribution >= 4 is 5.97 Å². The Kier molecular flexibility index (Phi) is 3.22. The topological polar surface area (TPSA) is 52.6 Å². The average Bonchev–Trinajstić information content (AvgIpc) is 3.04. The van der Waals surface area contributed by atoms with Gasteiger partial charge in [0.15, 0.2) is 0 Å². The van der Waals surface area contributed by atoms with E-state index in [-0.39, 0.29) is 0 Å². The second kappa shape index (κ2) is 4.34. The summed E-state index contributed by atoms with van der Waals surface area (Å²) >= 11 is 0. The monoisotopic (exact) mass is 226 g/mol. The first-order chi connectivity index (χ1) is 7.58. The molecule has 0 heterocycles. The van der Waals surface area contributed by atoms with E-state index in [9.17, 15) is 9.90 Å². The highest BCUT2D eigenvalue weighted by molar-refractivity contribution is 5.80. The van der Waals surface area contributed by atoms with Crippen molar-refractivity contribution in [3.63, 3.8) is 0 Å². The van der Waals surface area contributed by atoms with Gasteiger partial charge < -0.3 is 15.3 Å². The van der Waals surface area contributed by atoms with Crippen LogP contribution in [0.5, 0.6) is 0 Å². The molecule has 0 aromatic rings. The molecule has 0 saturated heterocycles. The number of rotatable bonds is 7. The van der Waals surface area contributed by atoms with Crippen molar-refractivity contribution < 1.29 is 9.90 Å². The molecule has 0 spiro atoms. The lowest BCUT2D eigenvalue weighted by Gasteiger charge is -2.33. The minimum Gasteiger partial charge on any atom is -0.480 e. The quantitative estimate of drug-likeness (QED) is 0.673. The first-order valence-electron chi connectivity index (χ1n) is 6.19. The zero-order valence-corrected chi connectivity index (χ0v) is 10.2. The van der Waals surface area contributed by atoms with Crippen molar-refractivity contribution in [2.24, 2.45) is 11.8 Å². The third kappa shape index (κ3) is 2.38. The number of carboxylic acid groups (broad SMARTS) is 1. The number of aliphatic carboxylic acids is 1. The zero-order chi connectivity index (χ0) is 11.8. The maximum absolute atomic E-state index is 11.5. The van der Waals surface area contributed by atoms with Gasteiger partial charge in [-0.05, 0) is 51.6 Å². The molecule has 92 valence electrons. The minimum atomic E-state index is -0.719. The van der Waals surface area contributed by atoms with Crippen molar-refractivity contribution in [2.45, 2.75) is 31.2 Å². The van der Waals surface area contributed by atoms with Crippen LogP contribution in [-0.4, -0.2) is 48.7 Å². The molecular formula is C12H22N2O2. The summed E-state index contributed by atoms with van der Waals surface area (Å²) in [4.78, 5) is 13.7. The molecule has 4 nitrogen and oxygen atoms in total. The number of carbonyl (C=O) groups is 1. The molecule has 2 fully saturated rings. The van der Waals surface area contributed by atoms with E-state index in [2.05, 4.69) is 10.2 Å². The number of nitrogens with one attached hydrogen (secondary N) is 1. The summed E-state index contributed by atoms with van der Waals surface area (Å²) in [7, 11) is 3.81. The van der Waals surface area contributed by atoms with Gasteiger partial charge in [0.25, 0.3) is 0 Å². The standard InChI is InChI=1S/C12H22N2O2/c1-13-12(11(15)16,10-5-6-10)8-14(2)7-9-3-4-9/h9-10,13H,3-8H2,1-2H3,(H,15,16). The van der Waals surface area contributed by atoms with Gasteiger partial charge in [-0.3, -0.25) is 4.79 Å². The zero-order valence-electron chi connectivity index (χ0n) is 10.2. The Morgan fingerprint density at radius 1 is 1.44 bits per heavy atom. The summed E-state index contributed by atoms with van der Waals surface area (Å²) in [5, 5.41) is 12.5. The largest absolute Gasteiger partial charge is 0.480 e. The Hall–Kier alpha value is -0.610. The normalized spacial score (nSPS) is 24.4. The maximum atomic E-state index is 11.5. The molecule has 0 bridgehead atoms. The first-order valence-corrected chi connectivity index (χ1v) is 6.19. The number of carboxylic acids is 1. The maximum Gasteiger partial charge on any atom is 0.325 e. The summed E-state index contributed by atoms with van der Waals surface area (Å²) in [6.07, 6.45) is 4.72. The van der Waals surface area contributed by atoms with E-state index in [1.807, 2.05) is 7.05 Å². The molecule has 0 radical (unpaired) electrons. The summed E-state index contributed by atoms with van der Waals surface area (Å²) in [5.74, 6) is 0.435. The molecule has 4 heteroatoms. The highest BCUT2D eigenvalue weighted by Gasteiger charge is 2.50. The predicted octanol–water partition coefficient (Wildman–Crippen LogP) is 0.781. The highest BCUT2D eigenvalue weighted by Crippen LogP contribution is 2.40. The lowest BCUT2D eigenvalue weighted by Crippen LogP contribution is -2.59. The van der Waals surface area contributed by atoms with E-state index in [1.165, 1.54) is 12.8 Å². The van der Waals surface area contributed by atoms with Crippen LogP contribution in [-0.2, 0) is 4.79 Å². The van der Waals surface area contributed by atoms with E-state index in [4.69, 9.17) is 0 Å². The Morgan fingerprint density at radius 2 is 2.06 bits per heavy atom. The molecule has 0 aromatic carbocycles. The third-order valence-corrected chi connectivity index (χ3v) is 3.89. The number of likely N-dealkylation sites (N-methyl/N-ethyl adjacent to an activating group) is 2. The Labute approximate surface area is 97.0 Å². The van der Waals surface area contributed by atoms with Gasteiger partial charge in [0.1, 0.15) is 5.54 Å². The lowest BCUT2D eigenvalue weighted by atomic mass is 9.92. The fourth-order valence-corrected chi connectivity index (χ4v) is 2.57. The molecule has 0 aromatic heterocycles. The molecule has 1 unspecified atom stereocenters. The molecule has 2 N–H and O–H groups in total. The van der Waals surface area contributed by atoms with Crippen LogP contribution >= 0.6 is 0 Å². The van der Waals surface area contributed by atoms with Gasteiger partial charge in [0, 0.05) is 13.1 Å². The Morgan fingerprint density at radius 3 is 2.44 bits per heavy atom. The SMILES string of the molecule is CNC(CN(C)CC1CC1)(C(=O)O)C1CC1. The summed E-state index contributed by atoms with van der Waals surface area (Å²) < 4.78 is 0. The third-order valence-electron chi connectivity index (χ3n) is 3.89.